The lowest BCUT2D eigenvalue weighted by molar-refractivity contribution is -0.153. The van der Waals surface area contributed by atoms with E-state index < -0.39 is 12.8 Å². The number of likely N-dealkylation sites (N-methyl/N-ethyl adjacent to an activating group) is 1. The van der Waals surface area contributed by atoms with Gasteiger partial charge in [0.05, 0.1) is 11.4 Å². The highest BCUT2D eigenvalue weighted by molar-refractivity contribution is 5.98. The molecule has 1 fully saturated rings. The Morgan fingerprint density at radius 2 is 1.78 bits per heavy atom. The quantitative estimate of drug-likeness (QED) is 0.423. The van der Waals surface area contributed by atoms with Gasteiger partial charge in [0.1, 0.15) is 17.3 Å². The number of benzene rings is 1. The van der Waals surface area contributed by atoms with Gasteiger partial charge in [0.2, 0.25) is 0 Å². The van der Waals surface area contributed by atoms with E-state index in [0.29, 0.717) is 42.4 Å². The van der Waals surface area contributed by atoms with Crippen molar-refractivity contribution in [1.29, 1.82) is 0 Å². The number of fused-ring (bicyclic) bond motifs is 1. The molecule has 11 heteroatoms. The Morgan fingerprint density at radius 3 is 2.57 bits per heavy atom. The van der Waals surface area contributed by atoms with E-state index in [4.69, 9.17) is 4.74 Å². The van der Waals surface area contributed by atoms with Crippen molar-refractivity contribution >= 4 is 16.8 Å². The summed E-state index contributed by atoms with van der Waals surface area (Å²) < 4.78 is 42.3. The third kappa shape index (κ3) is 6.05. The van der Waals surface area contributed by atoms with Crippen LogP contribution in [0.25, 0.3) is 22.3 Å². The number of hydrogen-bond acceptors (Lipinski definition) is 6. The zero-order valence-corrected chi connectivity index (χ0v) is 20.1. The van der Waals surface area contributed by atoms with Crippen molar-refractivity contribution in [3.63, 3.8) is 0 Å². The molecule has 0 aliphatic carbocycles. The van der Waals surface area contributed by atoms with Crippen LogP contribution in [0.2, 0.25) is 0 Å². The summed E-state index contributed by atoms with van der Waals surface area (Å²) in [5.74, 6) is 0.586. The van der Waals surface area contributed by atoms with E-state index >= 15 is 0 Å². The largest absolute Gasteiger partial charge is 0.484 e. The van der Waals surface area contributed by atoms with Crippen LogP contribution < -0.4 is 4.74 Å². The summed E-state index contributed by atoms with van der Waals surface area (Å²) in [5, 5.41) is 0.919. The van der Waals surface area contributed by atoms with Gasteiger partial charge >= 0.3 is 6.18 Å². The number of aromatic nitrogens is 4. The van der Waals surface area contributed by atoms with E-state index in [1.54, 1.807) is 12.3 Å². The van der Waals surface area contributed by atoms with Gasteiger partial charge in [-0.3, -0.25) is 9.78 Å². The van der Waals surface area contributed by atoms with Crippen molar-refractivity contribution in [3.8, 4) is 17.1 Å². The smallest absolute Gasteiger partial charge is 0.422 e. The molecule has 0 atom stereocenters. The molecule has 3 aromatic heterocycles. The molecular weight excluding hydrogens is 485 g/mol. The number of H-pyrrole nitrogens is 1. The maximum atomic E-state index is 12.9. The summed E-state index contributed by atoms with van der Waals surface area (Å²) in [5.41, 5.74) is 3.25. The van der Waals surface area contributed by atoms with Crippen LogP contribution in [0, 0.1) is 0 Å². The third-order valence-corrected chi connectivity index (χ3v) is 6.17. The zero-order chi connectivity index (χ0) is 26.0. The summed E-state index contributed by atoms with van der Waals surface area (Å²) in [6.07, 6.45) is -1.03. The van der Waals surface area contributed by atoms with Crippen LogP contribution in [0.4, 0.5) is 13.2 Å². The second-order valence-corrected chi connectivity index (χ2v) is 9.02. The molecule has 4 heterocycles. The van der Waals surface area contributed by atoms with Crippen LogP contribution in [0.5, 0.6) is 5.75 Å². The minimum atomic E-state index is -4.43. The topological polar surface area (TPSA) is 87.2 Å². The van der Waals surface area contributed by atoms with E-state index in [-0.39, 0.29) is 11.7 Å². The summed E-state index contributed by atoms with van der Waals surface area (Å²) in [7, 11) is 2.05. The van der Waals surface area contributed by atoms with Crippen molar-refractivity contribution < 1.29 is 22.7 Å². The molecule has 1 saturated heterocycles. The lowest BCUT2D eigenvalue weighted by Crippen LogP contribution is -2.47. The van der Waals surface area contributed by atoms with Crippen LogP contribution >= 0.6 is 0 Å². The fraction of sp³-hybridized carbons (Fsp3) is 0.308. The van der Waals surface area contributed by atoms with Crippen LogP contribution in [-0.2, 0) is 6.42 Å². The van der Waals surface area contributed by atoms with Gasteiger partial charge in [-0.25, -0.2) is 9.97 Å². The van der Waals surface area contributed by atoms with Crippen molar-refractivity contribution in [1.82, 2.24) is 29.7 Å². The fourth-order valence-corrected chi connectivity index (χ4v) is 4.20. The molecule has 0 unspecified atom stereocenters. The van der Waals surface area contributed by atoms with Crippen LogP contribution in [-0.4, -0.2) is 81.7 Å². The fourth-order valence-electron chi connectivity index (χ4n) is 4.20. The predicted octanol–water partition coefficient (Wildman–Crippen LogP) is 3.94. The predicted molar refractivity (Wildman–Crippen MR) is 131 cm³/mol. The molecule has 8 nitrogen and oxygen atoms in total. The number of aromatic amines is 1. The van der Waals surface area contributed by atoms with Crippen LogP contribution in [0.15, 0.2) is 54.9 Å². The highest BCUT2D eigenvalue weighted by Crippen LogP contribution is 2.24. The minimum absolute atomic E-state index is 0.00386. The molecule has 1 N–H and O–H groups in total. The van der Waals surface area contributed by atoms with Gasteiger partial charge in [0.15, 0.2) is 6.61 Å². The standard InChI is InChI=1S/C26H25F3N6O2/c1-34-8-10-35(11-9-34)25(36)23-14-18-12-17(2-3-20(18)32-23)13-24-31-7-5-21(33-24)22-15-19(4-6-30-22)37-16-26(27,28)29/h2-7,12,14-15,32H,8-11,13,16H2,1H3. The molecule has 1 amide bonds. The van der Waals surface area contributed by atoms with Gasteiger partial charge in [0.25, 0.3) is 5.91 Å². The van der Waals surface area contributed by atoms with Crippen molar-refractivity contribution in [3.05, 3.63) is 71.9 Å². The average molecular weight is 511 g/mol. The molecule has 0 bridgehead atoms. The first-order chi connectivity index (χ1) is 17.7. The summed E-state index contributed by atoms with van der Waals surface area (Å²) in [6, 6.07) is 12.2. The number of carbonyl (C=O) groups is 1. The Labute approximate surface area is 211 Å². The van der Waals surface area contributed by atoms with Gasteiger partial charge in [-0.05, 0) is 42.9 Å². The number of nitrogens with zero attached hydrogens (tertiary/aromatic N) is 5. The van der Waals surface area contributed by atoms with Gasteiger partial charge in [-0.2, -0.15) is 13.2 Å². The number of hydrogen-bond donors (Lipinski definition) is 1. The van der Waals surface area contributed by atoms with E-state index in [2.05, 4.69) is 24.8 Å². The molecule has 0 radical (unpaired) electrons. The number of piperazine rings is 1. The van der Waals surface area contributed by atoms with Gasteiger partial charge in [0, 0.05) is 62.0 Å². The molecule has 1 aliphatic rings. The van der Waals surface area contributed by atoms with Crippen LogP contribution in [0.3, 0.4) is 0 Å². The highest BCUT2D eigenvalue weighted by atomic mass is 19.4. The zero-order valence-electron chi connectivity index (χ0n) is 20.1. The molecule has 1 aromatic carbocycles. The Morgan fingerprint density at radius 1 is 1.00 bits per heavy atom. The van der Waals surface area contributed by atoms with Crippen molar-refractivity contribution in [2.75, 3.05) is 39.8 Å². The Hall–Kier alpha value is -3.99. The van der Waals surface area contributed by atoms with Gasteiger partial charge in [-0.1, -0.05) is 6.07 Å². The molecule has 1 aliphatic heterocycles. The molecular formula is C26H25F3N6O2. The minimum Gasteiger partial charge on any atom is -0.484 e. The van der Waals surface area contributed by atoms with E-state index in [0.717, 1.165) is 29.6 Å². The van der Waals surface area contributed by atoms with E-state index in [1.807, 2.05) is 36.2 Å². The second-order valence-electron chi connectivity index (χ2n) is 9.02. The van der Waals surface area contributed by atoms with Gasteiger partial charge < -0.3 is 19.5 Å². The second kappa shape index (κ2) is 10.2. The number of carbonyl (C=O) groups excluding carboxylic acids is 1. The number of pyridine rings is 1. The Bertz CT molecular complexity index is 1410. The van der Waals surface area contributed by atoms with E-state index in [9.17, 15) is 18.0 Å². The van der Waals surface area contributed by atoms with Crippen molar-refractivity contribution in [2.45, 2.75) is 12.6 Å². The lowest BCUT2D eigenvalue weighted by Gasteiger charge is -2.32. The molecule has 0 saturated carbocycles. The van der Waals surface area contributed by atoms with Crippen LogP contribution in [0.1, 0.15) is 21.9 Å². The Balaban J connectivity index is 1.31. The molecule has 37 heavy (non-hydrogen) atoms. The van der Waals surface area contributed by atoms with Crippen molar-refractivity contribution in [2.24, 2.45) is 0 Å². The third-order valence-electron chi connectivity index (χ3n) is 6.17. The first kappa shape index (κ1) is 24.7. The maximum absolute atomic E-state index is 12.9. The summed E-state index contributed by atoms with van der Waals surface area (Å²) in [6.45, 7) is 1.74. The number of nitrogens with one attached hydrogen (secondary N) is 1. The lowest BCUT2D eigenvalue weighted by atomic mass is 10.1. The maximum Gasteiger partial charge on any atom is 0.422 e. The number of halogens is 3. The molecule has 0 spiro atoms. The first-order valence-corrected chi connectivity index (χ1v) is 11.8. The van der Waals surface area contributed by atoms with Gasteiger partial charge in [-0.15, -0.1) is 0 Å². The molecule has 192 valence electrons. The summed E-state index contributed by atoms with van der Waals surface area (Å²) in [4.78, 5) is 33.3. The number of rotatable bonds is 6. The van der Waals surface area contributed by atoms with E-state index in [1.165, 1.54) is 18.3 Å². The first-order valence-electron chi connectivity index (χ1n) is 11.8. The number of ether oxygens (including phenoxy) is 1. The number of alkyl halides is 3. The monoisotopic (exact) mass is 510 g/mol. The average Bonchev–Trinajstić information content (AvgIpc) is 3.31. The molecule has 4 aromatic rings. The molecule has 5 rings (SSSR count). The Kier molecular flexibility index (Phi) is 6.79. The summed E-state index contributed by atoms with van der Waals surface area (Å²) >= 11 is 0. The normalized spacial score (nSPS) is 14.8. The SMILES string of the molecule is CN1CCN(C(=O)c2cc3cc(Cc4nccc(-c5cc(OCC(F)(F)F)ccn5)n4)ccc3[nH]2)CC1. The highest BCUT2D eigenvalue weighted by Gasteiger charge is 2.28. The number of amides is 1.